The molecule has 160 valence electrons. The smallest absolute Gasteiger partial charge is 0.257 e. The van der Waals surface area contributed by atoms with Crippen molar-refractivity contribution in [1.82, 2.24) is 19.6 Å². The van der Waals surface area contributed by atoms with Gasteiger partial charge in [-0.2, -0.15) is 5.10 Å². The van der Waals surface area contributed by atoms with Crippen molar-refractivity contribution in [3.63, 3.8) is 0 Å². The first-order valence-electron chi connectivity index (χ1n) is 9.74. The second kappa shape index (κ2) is 7.53. The quantitative estimate of drug-likeness (QED) is 0.754. The van der Waals surface area contributed by atoms with Gasteiger partial charge in [0, 0.05) is 37.0 Å². The lowest BCUT2D eigenvalue weighted by molar-refractivity contribution is 0.0746. The molecule has 0 spiro atoms. The van der Waals surface area contributed by atoms with E-state index in [1.807, 2.05) is 20.3 Å². The van der Waals surface area contributed by atoms with E-state index < -0.39 is 10.0 Å². The van der Waals surface area contributed by atoms with Gasteiger partial charge in [0.15, 0.2) is 0 Å². The molecule has 1 aromatic heterocycles. The fraction of sp³-hybridized carbons (Fsp3) is 0.400. The fourth-order valence-electron chi connectivity index (χ4n) is 3.92. The van der Waals surface area contributed by atoms with Crippen LogP contribution in [0.15, 0.2) is 35.5 Å². The van der Waals surface area contributed by atoms with Crippen molar-refractivity contribution in [3.8, 4) is 0 Å². The molecule has 0 saturated heterocycles. The van der Waals surface area contributed by atoms with Crippen LogP contribution in [0, 0.1) is 0 Å². The molecule has 0 fully saturated rings. The predicted octanol–water partition coefficient (Wildman–Crippen LogP) is 1.20. The van der Waals surface area contributed by atoms with E-state index in [1.165, 1.54) is 6.07 Å². The minimum absolute atomic E-state index is 0.0536. The lowest BCUT2D eigenvalue weighted by Crippen LogP contribution is -2.40. The number of nitrogens with zero attached hydrogens (tertiary/aromatic N) is 4. The number of nitrogens with one attached hydrogen (secondary N) is 1. The average Bonchev–Trinajstić information content (AvgIpc) is 3.09. The molecule has 1 aromatic carbocycles. The van der Waals surface area contributed by atoms with E-state index in [9.17, 15) is 13.2 Å². The van der Waals surface area contributed by atoms with E-state index in [0.29, 0.717) is 30.5 Å². The van der Waals surface area contributed by atoms with E-state index >= 15 is 0 Å². The molecule has 1 atom stereocenters. The zero-order valence-corrected chi connectivity index (χ0v) is 18.1. The van der Waals surface area contributed by atoms with Crippen LogP contribution in [0.3, 0.4) is 0 Å². The summed E-state index contributed by atoms with van der Waals surface area (Å²) in [4.78, 5) is 17.0. The molecule has 9 nitrogen and oxygen atoms in total. The van der Waals surface area contributed by atoms with E-state index in [-0.39, 0.29) is 10.8 Å². The van der Waals surface area contributed by atoms with E-state index in [4.69, 9.17) is 5.14 Å². The summed E-state index contributed by atoms with van der Waals surface area (Å²) in [6.07, 6.45) is 6.39. The number of anilines is 1. The maximum absolute atomic E-state index is 13.3. The number of rotatable bonds is 4. The third-order valence-electron chi connectivity index (χ3n) is 5.78. The Bertz CT molecular complexity index is 1140. The van der Waals surface area contributed by atoms with Crippen molar-refractivity contribution < 1.29 is 13.2 Å². The van der Waals surface area contributed by atoms with Crippen LogP contribution in [0.5, 0.6) is 0 Å². The third kappa shape index (κ3) is 3.85. The number of fused-ring (bicyclic) bond motifs is 1. The van der Waals surface area contributed by atoms with Crippen LogP contribution in [-0.4, -0.2) is 60.2 Å². The molecule has 0 aliphatic carbocycles. The fourth-order valence-corrected chi connectivity index (χ4v) is 4.49. The van der Waals surface area contributed by atoms with Gasteiger partial charge in [-0.3, -0.25) is 14.4 Å². The Balaban J connectivity index is 1.77. The van der Waals surface area contributed by atoms with Gasteiger partial charge in [-0.05, 0) is 38.1 Å². The molecule has 0 bridgehead atoms. The molecule has 0 saturated carbocycles. The maximum atomic E-state index is 13.3. The minimum atomic E-state index is -3.97. The Morgan fingerprint density at radius 3 is 2.63 bits per heavy atom. The molecule has 2 aromatic rings. The van der Waals surface area contributed by atoms with Gasteiger partial charge in [-0.25, -0.2) is 13.6 Å². The van der Waals surface area contributed by atoms with Crippen molar-refractivity contribution in [3.05, 3.63) is 47.3 Å². The largest absolute Gasteiger partial charge is 0.366 e. The number of carbonyl (C=O) groups excluding carboxylic acids is 1. The minimum Gasteiger partial charge on any atom is -0.366 e. The van der Waals surface area contributed by atoms with E-state index in [0.717, 1.165) is 29.7 Å². The number of benzene rings is 1. The van der Waals surface area contributed by atoms with Gasteiger partial charge in [0.25, 0.3) is 5.91 Å². The number of likely N-dealkylation sites (N-methyl/N-ethyl adjacent to an activating group) is 1. The summed E-state index contributed by atoms with van der Waals surface area (Å²) >= 11 is 0. The third-order valence-corrected chi connectivity index (χ3v) is 6.67. The highest BCUT2D eigenvalue weighted by molar-refractivity contribution is 7.89. The van der Waals surface area contributed by atoms with Crippen LogP contribution in [0.25, 0.3) is 5.57 Å². The topological polar surface area (TPSA) is 114 Å². The lowest BCUT2D eigenvalue weighted by Gasteiger charge is -2.34. The van der Waals surface area contributed by atoms with Gasteiger partial charge < -0.3 is 10.2 Å². The number of aryl methyl sites for hydroxylation is 1. The number of carbonyl (C=O) groups is 1. The van der Waals surface area contributed by atoms with Crippen molar-refractivity contribution in [2.24, 2.45) is 12.2 Å². The summed E-state index contributed by atoms with van der Waals surface area (Å²) in [6.45, 7) is 3.58. The van der Waals surface area contributed by atoms with Crippen molar-refractivity contribution in [2.75, 3.05) is 25.6 Å². The molecule has 3 heterocycles. The van der Waals surface area contributed by atoms with Gasteiger partial charge in [-0.15, -0.1) is 0 Å². The predicted molar refractivity (Wildman–Crippen MR) is 114 cm³/mol. The van der Waals surface area contributed by atoms with E-state index in [1.54, 1.807) is 21.8 Å². The van der Waals surface area contributed by atoms with Crippen molar-refractivity contribution >= 4 is 27.2 Å². The maximum Gasteiger partial charge on any atom is 0.257 e. The molecule has 3 N–H and O–H groups in total. The zero-order valence-electron chi connectivity index (χ0n) is 17.3. The Hall–Kier alpha value is -2.69. The molecule has 2 aliphatic rings. The number of nitrogens with two attached hydrogens (primary N) is 1. The molecular formula is C20H26N6O3S. The first-order valence-corrected chi connectivity index (χ1v) is 11.3. The Kier molecular flexibility index (Phi) is 5.16. The normalized spacial score (nSPS) is 20.0. The monoisotopic (exact) mass is 430 g/mol. The molecule has 10 heteroatoms. The number of hydrogen-bond donors (Lipinski definition) is 2. The summed E-state index contributed by atoms with van der Waals surface area (Å²) in [6, 6.07) is 3.26. The van der Waals surface area contributed by atoms with Gasteiger partial charge in [-0.1, -0.05) is 6.08 Å². The standard InChI is InChI=1S/C20H26N6O3S/c1-13-6-15(4-5-24(13)2)17-7-16(30(21,28)29)8-18-19(17)22-12-26(20(18)27)11-14-9-23-25(3)10-14/h4,7-10,13,22H,5-6,11-12H2,1-3H3,(H2,21,28,29)/t13-/m1/s1. The van der Waals surface area contributed by atoms with Gasteiger partial charge >= 0.3 is 0 Å². The number of amides is 1. The first kappa shape index (κ1) is 20.6. The Morgan fingerprint density at radius 1 is 1.27 bits per heavy atom. The molecule has 4 rings (SSSR count). The van der Waals surface area contributed by atoms with Crippen LogP contribution in [0.2, 0.25) is 0 Å². The summed E-state index contributed by atoms with van der Waals surface area (Å²) < 4.78 is 26.0. The second-order valence-electron chi connectivity index (χ2n) is 8.02. The van der Waals surface area contributed by atoms with Crippen LogP contribution in [0.1, 0.15) is 34.8 Å². The highest BCUT2D eigenvalue weighted by Crippen LogP contribution is 2.37. The first-order chi connectivity index (χ1) is 14.1. The Labute approximate surface area is 176 Å². The second-order valence-corrected chi connectivity index (χ2v) is 9.58. The molecule has 1 amide bonds. The molecule has 30 heavy (non-hydrogen) atoms. The number of hydrogen-bond acceptors (Lipinski definition) is 6. The van der Waals surface area contributed by atoms with Crippen LogP contribution < -0.4 is 10.5 Å². The van der Waals surface area contributed by atoms with Gasteiger partial charge in [0.1, 0.15) is 0 Å². The molecule has 2 aliphatic heterocycles. The van der Waals surface area contributed by atoms with Crippen LogP contribution in [-0.2, 0) is 23.6 Å². The lowest BCUT2D eigenvalue weighted by atomic mass is 9.91. The summed E-state index contributed by atoms with van der Waals surface area (Å²) in [5.74, 6) is -0.235. The van der Waals surface area contributed by atoms with Crippen LogP contribution in [0.4, 0.5) is 5.69 Å². The van der Waals surface area contributed by atoms with Crippen molar-refractivity contribution in [2.45, 2.75) is 30.8 Å². The SMILES string of the molecule is C[C@@H]1CC(c2cc(S(N)(=O)=O)cc3c2NCN(Cc2cnn(C)c2)C3=O)=CCN1C. The highest BCUT2D eigenvalue weighted by Gasteiger charge is 2.30. The molecular weight excluding hydrogens is 404 g/mol. The summed E-state index contributed by atoms with van der Waals surface area (Å²) in [7, 11) is -0.104. The van der Waals surface area contributed by atoms with Gasteiger partial charge in [0.2, 0.25) is 10.0 Å². The summed E-state index contributed by atoms with van der Waals surface area (Å²) in [5, 5.41) is 12.9. The highest BCUT2D eigenvalue weighted by atomic mass is 32.2. The molecule has 0 unspecified atom stereocenters. The zero-order chi connectivity index (χ0) is 21.6. The molecule has 0 radical (unpaired) electrons. The number of sulfonamides is 1. The number of aromatic nitrogens is 2. The summed E-state index contributed by atoms with van der Waals surface area (Å²) in [5.41, 5.74) is 3.62. The number of primary sulfonamides is 1. The van der Waals surface area contributed by atoms with Gasteiger partial charge in [0.05, 0.1) is 35.6 Å². The van der Waals surface area contributed by atoms with Crippen LogP contribution >= 0.6 is 0 Å². The van der Waals surface area contributed by atoms with Crippen molar-refractivity contribution in [1.29, 1.82) is 0 Å². The van der Waals surface area contributed by atoms with E-state index in [2.05, 4.69) is 28.3 Å². The average molecular weight is 431 g/mol. The Morgan fingerprint density at radius 2 is 2.00 bits per heavy atom.